The first-order valence-corrected chi connectivity index (χ1v) is 3.12. The minimum atomic E-state index is -0.967. The molecule has 3 nitrogen and oxygen atoms in total. The summed E-state index contributed by atoms with van der Waals surface area (Å²) in [6.07, 6.45) is 0. The van der Waals surface area contributed by atoms with Crippen LogP contribution in [0.2, 0.25) is 0 Å². The van der Waals surface area contributed by atoms with E-state index in [1.54, 1.807) is 18.2 Å². The van der Waals surface area contributed by atoms with Crippen molar-refractivity contribution < 1.29 is 9.90 Å². The van der Waals surface area contributed by atoms with Crippen LogP contribution in [0.25, 0.3) is 0 Å². The third-order valence-corrected chi connectivity index (χ3v) is 1.47. The number of carbonyl (C=O) groups is 1. The van der Waals surface area contributed by atoms with Crippen molar-refractivity contribution in [3.63, 3.8) is 0 Å². The van der Waals surface area contributed by atoms with Crippen LogP contribution in [-0.4, -0.2) is 11.1 Å². The van der Waals surface area contributed by atoms with Crippen LogP contribution < -0.4 is 6.15 Å². The average Bonchev–Trinajstić information content (AvgIpc) is 1.88. The molecule has 4 heteroatoms. The van der Waals surface area contributed by atoms with Crippen molar-refractivity contribution in [2.45, 2.75) is 4.90 Å². The van der Waals surface area contributed by atoms with E-state index in [0.29, 0.717) is 4.90 Å². The normalized spacial score (nSPS) is 8.36. The Morgan fingerprint density at radius 2 is 1.91 bits per heavy atom. The molecule has 1 aromatic carbocycles. The molecular weight excluding hydrogens is 162 g/mol. The highest BCUT2D eigenvalue weighted by molar-refractivity contribution is 7.58. The van der Waals surface area contributed by atoms with Crippen molar-refractivity contribution in [3.8, 4) is 0 Å². The molecule has 0 fully saturated rings. The van der Waals surface area contributed by atoms with E-state index < -0.39 is 5.97 Å². The van der Waals surface area contributed by atoms with Crippen LogP contribution in [0.1, 0.15) is 10.4 Å². The molecule has 11 heavy (non-hydrogen) atoms. The predicted octanol–water partition coefficient (Wildman–Crippen LogP) is 1.67. The van der Waals surface area contributed by atoms with Gasteiger partial charge in [0, 0.05) is 5.56 Å². The first-order valence-electron chi connectivity index (χ1n) is 2.71. The molecule has 0 unspecified atom stereocenters. The summed E-state index contributed by atoms with van der Waals surface area (Å²) in [6, 6.07) is 6.46. The zero-order valence-electron chi connectivity index (χ0n) is 6.07. The van der Waals surface area contributed by atoms with E-state index in [2.05, 4.69) is 0 Å². The number of hydrogen-bond donors (Lipinski definition) is 2. The third-order valence-electron chi connectivity index (χ3n) is 1.12. The maximum atomic E-state index is 10.4. The van der Waals surface area contributed by atoms with E-state index in [-0.39, 0.29) is 11.7 Å². The van der Waals surface area contributed by atoms with Crippen LogP contribution in [-0.2, 0) is 12.6 Å². The number of quaternary nitrogens is 1. The Bertz CT molecular complexity index is 262. The summed E-state index contributed by atoms with van der Waals surface area (Å²) < 4.78 is 0. The van der Waals surface area contributed by atoms with Gasteiger partial charge in [0.1, 0.15) is 0 Å². The van der Waals surface area contributed by atoms with Crippen molar-refractivity contribution in [2.24, 2.45) is 0 Å². The summed E-state index contributed by atoms with van der Waals surface area (Å²) >= 11 is 4.75. The number of hydrogen-bond acceptors (Lipinski definition) is 2. The minimum absolute atomic E-state index is 0. The Balaban J connectivity index is 0.000001000. The summed E-state index contributed by atoms with van der Waals surface area (Å²) in [5.41, 5.74) is 0.192. The van der Waals surface area contributed by atoms with Gasteiger partial charge < -0.3 is 23.9 Å². The number of aromatic carboxylic acids is 1. The standard InChI is InChI=1S/C7H6O2S.H3N/c8-7(9)5-3-1-2-4-6(5)10;/h1-4,10H,(H,8,9);1H3. The lowest BCUT2D eigenvalue weighted by Gasteiger charge is -2.07. The number of benzene rings is 1. The first kappa shape index (κ1) is 9.87. The summed E-state index contributed by atoms with van der Waals surface area (Å²) in [6.45, 7) is 0. The second-order valence-corrected chi connectivity index (χ2v) is 2.24. The lowest BCUT2D eigenvalue weighted by atomic mass is 10.2. The highest BCUT2D eigenvalue weighted by atomic mass is 32.1. The fourth-order valence-corrected chi connectivity index (χ4v) is 0.877. The molecule has 1 aromatic rings. The van der Waals surface area contributed by atoms with Gasteiger partial charge in [-0.1, -0.05) is 18.2 Å². The molecule has 0 saturated heterocycles. The average molecular weight is 171 g/mol. The van der Waals surface area contributed by atoms with E-state index in [0.717, 1.165) is 0 Å². The molecule has 1 rings (SSSR count). The van der Waals surface area contributed by atoms with Crippen LogP contribution in [0, 0.1) is 0 Å². The Morgan fingerprint density at radius 1 is 1.36 bits per heavy atom. The monoisotopic (exact) mass is 171 g/mol. The van der Waals surface area contributed by atoms with Gasteiger partial charge in [0.15, 0.2) is 0 Å². The molecule has 0 radical (unpaired) electrons. The SMILES string of the molecule is O=C(O)c1ccccc1[S-].[NH4+]. The number of carboxylic acids is 1. The largest absolute Gasteiger partial charge is 0.779 e. The van der Waals surface area contributed by atoms with Crippen molar-refractivity contribution in [3.05, 3.63) is 29.8 Å². The highest BCUT2D eigenvalue weighted by Gasteiger charge is 1.98. The smallest absolute Gasteiger partial charge is 0.334 e. The molecular formula is C7H9NO2S. The molecule has 0 spiro atoms. The maximum Gasteiger partial charge on any atom is 0.334 e. The third kappa shape index (κ3) is 2.18. The molecule has 0 amide bonds. The Morgan fingerprint density at radius 3 is 2.27 bits per heavy atom. The van der Waals surface area contributed by atoms with E-state index in [9.17, 15) is 4.79 Å². The topological polar surface area (TPSA) is 73.8 Å². The molecule has 0 saturated carbocycles. The van der Waals surface area contributed by atoms with Crippen molar-refractivity contribution in [2.75, 3.05) is 0 Å². The quantitative estimate of drug-likeness (QED) is 0.631. The van der Waals surface area contributed by atoms with Gasteiger partial charge in [-0.2, -0.15) is 4.90 Å². The Kier molecular flexibility index (Phi) is 3.50. The van der Waals surface area contributed by atoms with Crippen LogP contribution in [0.3, 0.4) is 0 Å². The van der Waals surface area contributed by atoms with E-state index >= 15 is 0 Å². The van der Waals surface area contributed by atoms with E-state index in [1.807, 2.05) is 0 Å². The van der Waals surface area contributed by atoms with E-state index in [1.165, 1.54) is 6.07 Å². The maximum absolute atomic E-state index is 10.4. The zero-order valence-corrected chi connectivity index (χ0v) is 6.89. The molecule has 60 valence electrons. The summed E-state index contributed by atoms with van der Waals surface area (Å²) in [5, 5.41) is 8.50. The molecule has 0 heterocycles. The van der Waals surface area contributed by atoms with Crippen LogP contribution in [0.5, 0.6) is 0 Å². The molecule has 0 aliphatic rings. The van der Waals surface area contributed by atoms with Gasteiger partial charge in [-0.25, -0.2) is 4.79 Å². The second kappa shape index (κ2) is 3.90. The highest BCUT2D eigenvalue weighted by Crippen LogP contribution is 2.06. The lowest BCUT2D eigenvalue weighted by Crippen LogP contribution is -1.97. The number of carboxylic acid groups (broad SMARTS) is 1. The van der Waals surface area contributed by atoms with Crippen molar-refractivity contribution >= 4 is 18.6 Å². The minimum Gasteiger partial charge on any atom is -0.779 e. The van der Waals surface area contributed by atoms with Crippen molar-refractivity contribution in [1.82, 2.24) is 6.15 Å². The zero-order chi connectivity index (χ0) is 7.56. The molecule has 0 aromatic heterocycles. The Labute approximate surface area is 70.0 Å². The van der Waals surface area contributed by atoms with Gasteiger partial charge in [-0.15, -0.1) is 0 Å². The summed E-state index contributed by atoms with van der Waals surface area (Å²) in [5.74, 6) is -0.967. The van der Waals surface area contributed by atoms with Crippen molar-refractivity contribution in [1.29, 1.82) is 0 Å². The van der Waals surface area contributed by atoms with Gasteiger partial charge in [-0.3, -0.25) is 0 Å². The van der Waals surface area contributed by atoms with Gasteiger partial charge >= 0.3 is 5.97 Å². The van der Waals surface area contributed by atoms with Gasteiger partial charge in [0.25, 0.3) is 0 Å². The lowest BCUT2D eigenvalue weighted by molar-refractivity contribution is 0.0693. The first-order chi connectivity index (χ1) is 4.72. The van der Waals surface area contributed by atoms with Gasteiger partial charge in [-0.05, 0) is 6.07 Å². The number of rotatable bonds is 1. The Hall–Kier alpha value is -1.13. The molecule has 0 atom stereocenters. The molecule has 0 aliphatic heterocycles. The summed E-state index contributed by atoms with van der Waals surface area (Å²) in [4.78, 5) is 10.7. The molecule has 0 bridgehead atoms. The van der Waals surface area contributed by atoms with Gasteiger partial charge in [0.2, 0.25) is 0 Å². The predicted molar refractivity (Wildman–Crippen MR) is 45.0 cm³/mol. The summed E-state index contributed by atoms with van der Waals surface area (Å²) in [7, 11) is 0. The van der Waals surface area contributed by atoms with Crippen LogP contribution in [0.15, 0.2) is 29.2 Å². The van der Waals surface area contributed by atoms with E-state index in [4.69, 9.17) is 17.7 Å². The fourth-order valence-electron chi connectivity index (χ4n) is 0.643. The molecule has 0 aliphatic carbocycles. The fraction of sp³-hybridized carbons (Fsp3) is 0. The van der Waals surface area contributed by atoms with Crippen LogP contribution >= 0.6 is 0 Å². The molecule has 5 N–H and O–H groups in total. The second-order valence-electron chi connectivity index (χ2n) is 1.80. The van der Waals surface area contributed by atoms with Crippen LogP contribution in [0.4, 0.5) is 0 Å². The van der Waals surface area contributed by atoms with Gasteiger partial charge in [0.05, 0.1) is 0 Å².